The third kappa shape index (κ3) is 4.19. The van der Waals surface area contributed by atoms with Gasteiger partial charge in [0.1, 0.15) is 6.04 Å². The van der Waals surface area contributed by atoms with E-state index in [1.165, 1.54) is 5.56 Å². The van der Waals surface area contributed by atoms with Crippen molar-refractivity contribution < 1.29 is 14.3 Å². The fourth-order valence-electron chi connectivity index (χ4n) is 3.90. The molecule has 0 aromatic heterocycles. The highest BCUT2D eigenvalue weighted by Gasteiger charge is 2.33. The molecular formula is C19H27N3O3. The van der Waals surface area contributed by atoms with Crippen LogP contribution in [0, 0.1) is 0 Å². The molecule has 2 fully saturated rings. The number of ether oxygens (including phenoxy) is 1. The van der Waals surface area contributed by atoms with Crippen molar-refractivity contribution in [2.24, 2.45) is 5.73 Å². The van der Waals surface area contributed by atoms with Crippen LogP contribution in [0.2, 0.25) is 0 Å². The number of nitrogens with two attached hydrogens (primary N) is 1. The molecular weight excluding hydrogens is 318 g/mol. The Kier molecular flexibility index (Phi) is 5.39. The van der Waals surface area contributed by atoms with E-state index in [9.17, 15) is 9.59 Å². The van der Waals surface area contributed by atoms with E-state index in [0.29, 0.717) is 18.5 Å². The summed E-state index contributed by atoms with van der Waals surface area (Å²) >= 11 is 0. The van der Waals surface area contributed by atoms with Crippen LogP contribution in [0.4, 0.5) is 0 Å². The second kappa shape index (κ2) is 7.54. The average Bonchev–Trinajstić information content (AvgIpc) is 3.04. The van der Waals surface area contributed by atoms with Gasteiger partial charge in [0.15, 0.2) is 0 Å². The Bertz CT molecular complexity index is 621. The molecule has 1 aromatic carbocycles. The van der Waals surface area contributed by atoms with Crippen LogP contribution in [0.1, 0.15) is 42.6 Å². The fraction of sp³-hybridized carbons (Fsp3) is 0.579. The van der Waals surface area contributed by atoms with Crippen molar-refractivity contribution in [2.75, 3.05) is 19.6 Å². The molecule has 2 saturated heterocycles. The van der Waals surface area contributed by atoms with Gasteiger partial charge in [0.2, 0.25) is 5.91 Å². The van der Waals surface area contributed by atoms with Crippen molar-refractivity contribution in [3.63, 3.8) is 0 Å². The first-order valence-electron chi connectivity index (χ1n) is 9.01. The molecule has 6 heteroatoms. The standard InChI is InChI=1S/C19H27N3O3/c1-13-10-21(11-14(2)25-13)12-15-5-7-16(8-6-15)19(24)22-9-3-4-17(22)18(20)23/h5-8,13-14,17H,3-4,9-12H2,1-2H3,(H2,20,23)/t13-,14+,17-/m1/s1. The second-order valence-corrected chi connectivity index (χ2v) is 7.21. The number of rotatable bonds is 4. The SMILES string of the molecule is C[C@@H]1CN(Cc2ccc(C(=O)N3CCC[C@@H]3C(N)=O)cc2)C[C@H](C)O1. The normalized spacial score (nSPS) is 27.4. The van der Waals surface area contributed by atoms with Gasteiger partial charge in [-0.25, -0.2) is 0 Å². The summed E-state index contributed by atoms with van der Waals surface area (Å²) < 4.78 is 5.76. The summed E-state index contributed by atoms with van der Waals surface area (Å²) in [5, 5.41) is 0. The molecule has 136 valence electrons. The molecule has 0 bridgehead atoms. The minimum absolute atomic E-state index is 0.110. The molecule has 3 rings (SSSR count). The maximum absolute atomic E-state index is 12.6. The van der Waals surface area contributed by atoms with Crippen molar-refractivity contribution in [1.29, 1.82) is 0 Å². The minimum Gasteiger partial charge on any atom is -0.373 e. The van der Waals surface area contributed by atoms with E-state index < -0.39 is 11.9 Å². The third-order valence-corrected chi connectivity index (χ3v) is 4.94. The fourth-order valence-corrected chi connectivity index (χ4v) is 3.90. The van der Waals surface area contributed by atoms with Crippen LogP contribution in [0.5, 0.6) is 0 Å². The molecule has 0 saturated carbocycles. The summed E-state index contributed by atoms with van der Waals surface area (Å²) in [7, 11) is 0. The molecule has 6 nitrogen and oxygen atoms in total. The zero-order valence-corrected chi connectivity index (χ0v) is 15.0. The van der Waals surface area contributed by atoms with Gasteiger partial charge in [-0.1, -0.05) is 12.1 Å². The molecule has 1 aromatic rings. The van der Waals surface area contributed by atoms with Crippen LogP contribution in [-0.2, 0) is 16.1 Å². The smallest absolute Gasteiger partial charge is 0.254 e. The van der Waals surface area contributed by atoms with Gasteiger partial charge in [-0.05, 0) is 44.4 Å². The van der Waals surface area contributed by atoms with Crippen LogP contribution in [0.15, 0.2) is 24.3 Å². The molecule has 0 unspecified atom stereocenters. The second-order valence-electron chi connectivity index (χ2n) is 7.21. The number of morpholine rings is 1. The first-order valence-corrected chi connectivity index (χ1v) is 9.01. The number of nitrogens with zero attached hydrogens (tertiary/aromatic N) is 2. The molecule has 0 aliphatic carbocycles. The van der Waals surface area contributed by atoms with E-state index in [-0.39, 0.29) is 18.1 Å². The van der Waals surface area contributed by atoms with Gasteiger partial charge in [-0.2, -0.15) is 0 Å². The summed E-state index contributed by atoms with van der Waals surface area (Å²) in [4.78, 5) is 28.1. The van der Waals surface area contributed by atoms with E-state index in [2.05, 4.69) is 18.7 Å². The Balaban J connectivity index is 1.64. The summed E-state index contributed by atoms with van der Waals surface area (Å²) in [5.41, 5.74) is 7.19. The lowest BCUT2D eigenvalue weighted by Crippen LogP contribution is -2.44. The predicted octanol–water partition coefficient (Wildman–Crippen LogP) is 1.39. The quantitative estimate of drug-likeness (QED) is 0.895. The van der Waals surface area contributed by atoms with Crippen molar-refractivity contribution >= 4 is 11.8 Å². The molecule has 2 aliphatic rings. The first-order chi connectivity index (χ1) is 11.9. The molecule has 2 amide bonds. The predicted molar refractivity (Wildman–Crippen MR) is 95.0 cm³/mol. The Morgan fingerprint density at radius 2 is 1.80 bits per heavy atom. The highest BCUT2D eigenvalue weighted by Crippen LogP contribution is 2.21. The first kappa shape index (κ1) is 17.9. The largest absolute Gasteiger partial charge is 0.373 e. The number of carbonyl (C=O) groups excluding carboxylic acids is 2. The van der Waals surface area contributed by atoms with Crippen LogP contribution in [0.25, 0.3) is 0 Å². The van der Waals surface area contributed by atoms with Crippen molar-refractivity contribution in [3.8, 4) is 0 Å². The molecule has 0 radical (unpaired) electrons. The van der Waals surface area contributed by atoms with Crippen molar-refractivity contribution in [2.45, 2.75) is 51.5 Å². The van der Waals surface area contributed by atoms with Crippen molar-refractivity contribution in [1.82, 2.24) is 9.80 Å². The maximum atomic E-state index is 12.6. The molecule has 3 atom stereocenters. The van der Waals surface area contributed by atoms with E-state index >= 15 is 0 Å². The zero-order chi connectivity index (χ0) is 18.0. The maximum Gasteiger partial charge on any atom is 0.254 e. The molecule has 2 heterocycles. The number of primary amides is 1. The van der Waals surface area contributed by atoms with Gasteiger partial charge in [0.25, 0.3) is 5.91 Å². The summed E-state index contributed by atoms with van der Waals surface area (Å²) in [6.45, 7) is 7.46. The highest BCUT2D eigenvalue weighted by molar-refractivity contribution is 5.97. The van der Waals surface area contributed by atoms with Crippen molar-refractivity contribution in [3.05, 3.63) is 35.4 Å². The van der Waals surface area contributed by atoms with E-state index in [0.717, 1.165) is 26.1 Å². The van der Waals surface area contributed by atoms with Gasteiger partial charge in [-0.15, -0.1) is 0 Å². The Morgan fingerprint density at radius 1 is 1.16 bits per heavy atom. The van der Waals surface area contributed by atoms with E-state index in [1.54, 1.807) is 4.90 Å². The summed E-state index contributed by atoms with van der Waals surface area (Å²) in [5.74, 6) is -0.528. The molecule has 2 N–H and O–H groups in total. The van der Waals surface area contributed by atoms with Gasteiger partial charge in [-0.3, -0.25) is 14.5 Å². The minimum atomic E-state index is -0.469. The zero-order valence-electron chi connectivity index (χ0n) is 15.0. The van der Waals surface area contributed by atoms with Gasteiger partial charge in [0, 0.05) is 31.7 Å². The van der Waals surface area contributed by atoms with Crippen LogP contribution < -0.4 is 5.73 Å². The Labute approximate surface area is 148 Å². The lowest BCUT2D eigenvalue weighted by atomic mass is 10.1. The van der Waals surface area contributed by atoms with Gasteiger partial charge >= 0.3 is 0 Å². The number of likely N-dealkylation sites (tertiary alicyclic amines) is 1. The lowest BCUT2D eigenvalue weighted by molar-refractivity contribution is -0.121. The van der Waals surface area contributed by atoms with E-state index in [4.69, 9.17) is 10.5 Å². The van der Waals surface area contributed by atoms with Gasteiger partial charge in [0.05, 0.1) is 12.2 Å². The number of carbonyl (C=O) groups is 2. The summed E-state index contributed by atoms with van der Waals surface area (Å²) in [6.07, 6.45) is 1.97. The lowest BCUT2D eigenvalue weighted by Gasteiger charge is -2.35. The number of hydrogen-bond acceptors (Lipinski definition) is 4. The monoisotopic (exact) mass is 345 g/mol. The van der Waals surface area contributed by atoms with Crippen LogP contribution in [-0.4, -0.2) is 59.5 Å². The van der Waals surface area contributed by atoms with Crippen LogP contribution in [0.3, 0.4) is 0 Å². The molecule has 25 heavy (non-hydrogen) atoms. The third-order valence-electron chi connectivity index (χ3n) is 4.94. The number of hydrogen-bond donors (Lipinski definition) is 1. The highest BCUT2D eigenvalue weighted by atomic mass is 16.5. The topological polar surface area (TPSA) is 75.9 Å². The molecule has 2 aliphatic heterocycles. The van der Waals surface area contributed by atoms with E-state index in [1.807, 2.05) is 24.3 Å². The Hall–Kier alpha value is -1.92. The number of benzene rings is 1. The number of amides is 2. The Morgan fingerprint density at radius 3 is 2.40 bits per heavy atom. The molecule has 0 spiro atoms. The van der Waals surface area contributed by atoms with Crippen LogP contribution >= 0.6 is 0 Å². The summed E-state index contributed by atoms with van der Waals surface area (Å²) in [6, 6.07) is 7.21. The average molecular weight is 345 g/mol. The van der Waals surface area contributed by atoms with Gasteiger partial charge < -0.3 is 15.4 Å².